The van der Waals surface area contributed by atoms with Crippen molar-refractivity contribution in [1.82, 2.24) is 9.78 Å². The molecule has 1 heterocycles. The van der Waals surface area contributed by atoms with Crippen LogP contribution in [0.4, 0.5) is 0 Å². The molecule has 1 aromatic rings. The van der Waals surface area contributed by atoms with E-state index in [1.54, 1.807) is 0 Å². The molecule has 17 heavy (non-hydrogen) atoms. The number of aromatic nitrogens is 2. The van der Waals surface area contributed by atoms with Crippen LogP contribution < -0.4 is 0 Å². The molecular formula is C14H26N2O. The van der Waals surface area contributed by atoms with E-state index in [0.29, 0.717) is 6.61 Å². The molecule has 0 radical (unpaired) electrons. The topological polar surface area (TPSA) is 38.1 Å². The fraction of sp³-hybridized carbons (Fsp3) is 0.786. The van der Waals surface area contributed by atoms with Crippen LogP contribution in [0.1, 0.15) is 51.5 Å². The Labute approximate surface area is 105 Å². The minimum Gasteiger partial charge on any atom is -0.396 e. The third kappa shape index (κ3) is 4.15. The van der Waals surface area contributed by atoms with Crippen molar-refractivity contribution in [1.29, 1.82) is 0 Å². The number of nitrogens with zero attached hydrogens (tertiary/aromatic N) is 2. The number of rotatable bonds is 8. The lowest BCUT2D eigenvalue weighted by molar-refractivity contribution is 0.0978. The molecule has 0 saturated heterocycles. The summed E-state index contributed by atoms with van der Waals surface area (Å²) >= 11 is 0. The highest BCUT2D eigenvalue weighted by Crippen LogP contribution is 2.33. The molecule has 0 aliphatic rings. The quantitative estimate of drug-likeness (QED) is 0.756. The number of aryl methyl sites for hydroxylation is 2. The summed E-state index contributed by atoms with van der Waals surface area (Å²) < 4.78 is 1.84. The monoisotopic (exact) mass is 238 g/mol. The highest BCUT2D eigenvalue weighted by atomic mass is 16.3. The summed E-state index contributed by atoms with van der Waals surface area (Å²) in [5, 5.41) is 13.9. The van der Waals surface area contributed by atoms with Crippen LogP contribution >= 0.6 is 0 Å². The van der Waals surface area contributed by atoms with Crippen LogP contribution in [-0.2, 0) is 13.5 Å². The SMILES string of the molecule is CCCCC(CC)(CO)CCc1cnn(C)c1. The summed E-state index contributed by atoms with van der Waals surface area (Å²) in [6.07, 6.45) is 10.7. The van der Waals surface area contributed by atoms with Gasteiger partial charge in [0.1, 0.15) is 0 Å². The van der Waals surface area contributed by atoms with Gasteiger partial charge in [-0.1, -0.05) is 26.7 Å². The van der Waals surface area contributed by atoms with E-state index in [1.807, 2.05) is 17.9 Å². The summed E-state index contributed by atoms with van der Waals surface area (Å²) in [5.74, 6) is 0. The highest BCUT2D eigenvalue weighted by Gasteiger charge is 2.26. The van der Waals surface area contributed by atoms with Gasteiger partial charge in [-0.05, 0) is 36.7 Å². The maximum absolute atomic E-state index is 9.67. The molecule has 1 atom stereocenters. The molecule has 1 unspecified atom stereocenters. The van der Waals surface area contributed by atoms with E-state index in [1.165, 1.54) is 18.4 Å². The van der Waals surface area contributed by atoms with E-state index in [4.69, 9.17) is 0 Å². The van der Waals surface area contributed by atoms with Crippen molar-refractivity contribution in [2.75, 3.05) is 6.61 Å². The van der Waals surface area contributed by atoms with Crippen LogP contribution in [0.25, 0.3) is 0 Å². The number of hydrogen-bond donors (Lipinski definition) is 1. The van der Waals surface area contributed by atoms with Gasteiger partial charge < -0.3 is 5.11 Å². The Morgan fingerprint density at radius 3 is 2.59 bits per heavy atom. The lowest BCUT2D eigenvalue weighted by atomic mass is 9.76. The summed E-state index contributed by atoms with van der Waals surface area (Å²) in [4.78, 5) is 0. The van der Waals surface area contributed by atoms with Gasteiger partial charge in [0.2, 0.25) is 0 Å². The predicted octanol–water partition coefficient (Wildman–Crippen LogP) is 2.93. The first-order valence-electron chi connectivity index (χ1n) is 6.74. The molecular weight excluding hydrogens is 212 g/mol. The third-order valence-corrected chi connectivity index (χ3v) is 3.85. The predicted molar refractivity (Wildman–Crippen MR) is 70.9 cm³/mol. The van der Waals surface area contributed by atoms with Crippen molar-refractivity contribution < 1.29 is 5.11 Å². The molecule has 0 aliphatic heterocycles. The molecule has 0 aromatic carbocycles. The lowest BCUT2D eigenvalue weighted by Crippen LogP contribution is -2.25. The molecule has 1 N–H and O–H groups in total. The molecule has 0 amide bonds. The van der Waals surface area contributed by atoms with E-state index in [-0.39, 0.29) is 5.41 Å². The lowest BCUT2D eigenvalue weighted by Gasteiger charge is -2.30. The van der Waals surface area contributed by atoms with Crippen LogP contribution in [0.3, 0.4) is 0 Å². The van der Waals surface area contributed by atoms with Crippen molar-refractivity contribution >= 4 is 0 Å². The van der Waals surface area contributed by atoms with Crippen molar-refractivity contribution in [2.45, 2.75) is 52.4 Å². The molecule has 0 bridgehead atoms. The van der Waals surface area contributed by atoms with Crippen LogP contribution in [0.15, 0.2) is 12.4 Å². The van der Waals surface area contributed by atoms with Crippen molar-refractivity contribution in [2.24, 2.45) is 12.5 Å². The summed E-state index contributed by atoms with van der Waals surface area (Å²) in [6, 6.07) is 0. The fourth-order valence-electron chi connectivity index (χ4n) is 2.31. The highest BCUT2D eigenvalue weighted by molar-refractivity contribution is 5.04. The molecule has 1 aromatic heterocycles. The third-order valence-electron chi connectivity index (χ3n) is 3.85. The smallest absolute Gasteiger partial charge is 0.0521 e. The van der Waals surface area contributed by atoms with Gasteiger partial charge in [0.05, 0.1) is 6.20 Å². The average Bonchev–Trinajstić information content (AvgIpc) is 2.76. The van der Waals surface area contributed by atoms with E-state index in [0.717, 1.165) is 25.7 Å². The fourth-order valence-corrected chi connectivity index (χ4v) is 2.31. The molecule has 98 valence electrons. The normalized spacial score (nSPS) is 14.8. The molecule has 0 spiro atoms. The van der Waals surface area contributed by atoms with E-state index in [9.17, 15) is 5.11 Å². The van der Waals surface area contributed by atoms with Crippen molar-refractivity contribution in [3.05, 3.63) is 18.0 Å². The van der Waals surface area contributed by atoms with Crippen molar-refractivity contribution in [3.63, 3.8) is 0 Å². The van der Waals surface area contributed by atoms with Gasteiger partial charge in [0.25, 0.3) is 0 Å². The van der Waals surface area contributed by atoms with Crippen LogP contribution in [-0.4, -0.2) is 21.5 Å². The van der Waals surface area contributed by atoms with E-state index >= 15 is 0 Å². The first-order valence-corrected chi connectivity index (χ1v) is 6.74. The number of unbranched alkanes of at least 4 members (excludes halogenated alkanes) is 1. The Hall–Kier alpha value is -0.830. The number of hydrogen-bond acceptors (Lipinski definition) is 2. The van der Waals surface area contributed by atoms with Gasteiger partial charge in [0.15, 0.2) is 0 Å². The van der Waals surface area contributed by atoms with Crippen LogP contribution in [0, 0.1) is 5.41 Å². The molecule has 3 heteroatoms. The average molecular weight is 238 g/mol. The van der Waals surface area contributed by atoms with Gasteiger partial charge in [-0.15, -0.1) is 0 Å². The van der Waals surface area contributed by atoms with Gasteiger partial charge in [-0.2, -0.15) is 5.10 Å². The first-order chi connectivity index (χ1) is 8.15. The van der Waals surface area contributed by atoms with E-state index < -0.39 is 0 Å². The maximum Gasteiger partial charge on any atom is 0.0521 e. The maximum atomic E-state index is 9.67. The van der Waals surface area contributed by atoms with Crippen LogP contribution in [0.2, 0.25) is 0 Å². The molecule has 0 fully saturated rings. The minimum atomic E-state index is 0.117. The van der Waals surface area contributed by atoms with Gasteiger partial charge in [-0.25, -0.2) is 0 Å². The van der Waals surface area contributed by atoms with Gasteiger partial charge in [0, 0.05) is 19.9 Å². The molecule has 3 nitrogen and oxygen atoms in total. The second-order valence-corrected chi connectivity index (χ2v) is 5.14. The van der Waals surface area contributed by atoms with Gasteiger partial charge >= 0.3 is 0 Å². The molecule has 0 aliphatic carbocycles. The first kappa shape index (κ1) is 14.2. The zero-order valence-electron chi connectivity index (χ0n) is 11.4. The largest absolute Gasteiger partial charge is 0.396 e. The zero-order valence-corrected chi connectivity index (χ0v) is 11.4. The van der Waals surface area contributed by atoms with Gasteiger partial charge in [-0.3, -0.25) is 4.68 Å². The van der Waals surface area contributed by atoms with E-state index in [2.05, 4.69) is 25.1 Å². The molecule has 0 saturated carbocycles. The second kappa shape index (κ2) is 6.80. The summed E-state index contributed by atoms with van der Waals surface area (Å²) in [6.45, 7) is 4.71. The standard InChI is InChI=1S/C14H26N2O/c1-4-6-8-14(5-2,12-17)9-7-13-10-15-16(3)11-13/h10-11,17H,4-9,12H2,1-3H3. The summed E-state index contributed by atoms with van der Waals surface area (Å²) in [7, 11) is 1.94. The zero-order chi connectivity index (χ0) is 12.7. The summed E-state index contributed by atoms with van der Waals surface area (Å²) in [5.41, 5.74) is 1.39. The Bertz CT molecular complexity index is 316. The van der Waals surface area contributed by atoms with Crippen LogP contribution in [0.5, 0.6) is 0 Å². The Morgan fingerprint density at radius 2 is 2.12 bits per heavy atom. The molecule has 1 rings (SSSR count). The Morgan fingerprint density at radius 1 is 1.35 bits per heavy atom. The Kier molecular flexibility index (Phi) is 5.69. The minimum absolute atomic E-state index is 0.117. The second-order valence-electron chi connectivity index (χ2n) is 5.14. The number of aliphatic hydroxyl groups is 1. The number of aliphatic hydroxyl groups excluding tert-OH is 1. The Balaban J connectivity index is 2.54. The van der Waals surface area contributed by atoms with Crippen molar-refractivity contribution in [3.8, 4) is 0 Å².